The lowest BCUT2D eigenvalue weighted by Crippen LogP contribution is -2.39. The first-order valence-electron chi connectivity index (χ1n) is 9.04. The van der Waals surface area contributed by atoms with E-state index in [0.29, 0.717) is 6.04 Å². The molecule has 7 nitrogen and oxygen atoms in total. The first-order valence-corrected chi connectivity index (χ1v) is 9.04. The number of ether oxygens (including phenoxy) is 1. The minimum absolute atomic E-state index is 0.242. The molecule has 0 saturated carbocycles. The summed E-state index contributed by atoms with van der Waals surface area (Å²) < 4.78 is 7.22. The third kappa shape index (κ3) is 3.96. The highest BCUT2D eigenvalue weighted by atomic mass is 16.5. The normalized spacial score (nSPS) is 21.6. The second kappa shape index (κ2) is 8.09. The number of aryl methyl sites for hydroxylation is 1. The fourth-order valence-electron chi connectivity index (χ4n) is 3.73. The molecule has 0 bridgehead atoms. The fourth-order valence-corrected chi connectivity index (χ4v) is 3.73. The van der Waals surface area contributed by atoms with E-state index < -0.39 is 5.97 Å². The number of hydrogen-bond donors (Lipinski definition) is 2. The maximum absolute atomic E-state index is 11.4. The van der Waals surface area contributed by atoms with E-state index in [9.17, 15) is 9.90 Å². The summed E-state index contributed by atoms with van der Waals surface area (Å²) in [4.78, 5) is 13.9. The molecule has 1 aromatic heterocycles. The van der Waals surface area contributed by atoms with Crippen molar-refractivity contribution < 1.29 is 14.6 Å². The molecule has 1 aromatic rings. The van der Waals surface area contributed by atoms with Crippen molar-refractivity contribution in [3.05, 3.63) is 17.0 Å². The number of morpholine rings is 1. The van der Waals surface area contributed by atoms with Crippen molar-refractivity contribution in [2.45, 2.75) is 45.2 Å². The minimum Gasteiger partial charge on any atom is -0.476 e. The Balaban J connectivity index is 1.49. The Kier molecular flexibility index (Phi) is 5.86. The quantitative estimate of drug-likeness (QED) is 0.716. The van der Waals surface area contributed by atoms with Crippen molar-refractivity contribution in [2.24, 2.45) is 0 Å². The number of fused-ring (bicyclic) bond motifs is 1. The Morgan fingerprint density at radius 3 is 2.92 bits per heavy atom. The number of aromatic nitrogens is 2. The molecule has 1 aliphatic carbocycles. The lowest BCUT2D eigenvalue weighted by atomic mass is 9.91. The van der Waals surface area contributed by atoms with E-state index in [2.05, 4.69) is 15.3 Å². The molecule has 2 aliphatic rings. The van der Waals surface area contributed by atoms with Gasteiger partial charge in [0.1, 0.15) is 0 Å². The Morgan fingerprint density at radius 1 is 1.42 bits per heavy atom. The van der Waals surface area contributed by atoms with Gasteiger partial charge in [0.15, 0.2) is 5.69 Å². The van der Waals surface area contributed by atoms with E-state index in [0.717, 1.165) is 82.9 Å². The van der Waals surface area contributed by atoms with E-state index in [4.69, 9.17) is 4.74 Å². The van der Waals surface area contributed by atoms with Gasteiger partial charge < -0.3 is 15.2 Å². The van der Waals surface area contributed by atoms with Crippen molar-refractivity contribution >= 4 is 5.97 Å². The number of carbonyl (C=O) groups is 1. The van der Waals surface area contributed by atoms with E-state index in [1.807, 2.05) is 11.6 Å². The second-order valence-electron chi connectivity index (χ2n) is 6.60. The average molecular weight is 336 g/mol. The molecule has 1 aliphatic heterocycles. The van der Waals surface area contributed by atoms with Gasteiger partial charge in [-0.15, -0.1) is 0 Å². The summed E-state index contributed by atoms with van der Waals surface area (Å²) in [6.45, 7) is 8.57. The van der Waals surface area contributed by atoms with Crippen molar-refractivity contribution in [1.29, 1.82) is 0 Å². The standard InChI is InChI=1S/C17H28N4O3/c1-2-21-15-5-4-13(12-14(15)16(19-21)17(22)23)18-6-3-7-20-8-10-24-11-9-20/h13,18H,2-12H2,1H3,(H,22,23)/t13-/m1/s1. The van der Waals surface area contributed by atoms with Gasteiger partial charge in [0.25, 0.3) is 0 Å². The van der Waals surface area contributed by atoms with E-state index >= 15 is 0 Å². The van der Waals surface area contributed by atoms with Crippen LogP contribution in [-0.4, -0.2) is 71.2 Å². The number of aromatic carboxylic acids is 1. The van der Waals surface area contributed by atoms with Crippen LogP contribution in [0.2, 0.25) is 0 Å². The van der Waals surface area contributed by atoms with Crippen LogP contribution in [0.4, 0.5) is 0 Å². The highest BCUT2D eigenvalue weighted by Gasteiger charge is 2.28. The molecular weight excluding hydrogens is 308 g/mol. The predicted octanol–water partition coefficient (Wildman–Crippen LogP) is 0.770. The van der Waals surface area contributed by atoms with Crippen LogP contribution >= 0.6 is 0 Å². The highest BCUT2D eigenvalue weighted by molar-refractivity contribution is 5.87. The molecule has 0 spiro atoms. The van der Waals surface area contributed by atoms with Crippen LogP contribution in [0.15, 0.2) is 0 Å². The molecule has 24 heavy (non-hydrogen) atoms. The van der Waals surface area contributed by atoms with Crippen molar-refractivity contribution in [3.63, 3.8) is 0 Å². The van der Waals surface area contributed by atoms with Gasteiger partial charge in [-0.05, 0) is 45.7 Å². The van der Waals surface area contributed by atoms with Crippen LogP contribution in [0.1, 0.15) is 41.5 Å². The Labute approximate surface area is 143 Å². The van der Waals surface area contributed by atoms with E-state index in [1.54, 1.807) is 0 Å². The fraction of sp³-hybridized carbons (Fsp3) is 0.765. The van der Waals surface area contributed by atoms with Gasteiger partial charge in [0, 0.05) is 36.9 Å². The van der Waals surface area contributed by atoms with Crippen LogP contribution in [0.5, 0.6) is 0 Å². The molecule has 7 heteroatoms. The Bertz CT molecular complexity index is 566. The van der Waals surface area contributed by atoms with Gasteiger partial charge in [0.05, 0.1) is 13.2 Å². The number of carboxylic acid groups (broad SMARTS) is 1. The molecule has 1 fully saturated rings. The summed E-state index contributed by atoms with van der Waals surface area (Å²) in [7, 11) is 0. The van der Waals surface area contributed by atoms with Crippen LogP contribution in [-0.2, 0) is 24.1 Å². The minimum atomic E-state index is -0.911. The number of nitrogens with one attached hydrogen (secondary N) is 1. The molecule has 0 amide bonds. The first kappa shape index (κ1) is 17.4. The molecule has 0 radical (unpaired) electrons. The van der Waals surface area contributed by atoms with Crippen LogP contribution in [0.25, 0.3) is 0 Å². The number of carboxylic acids is 1. The van der Waals surface area contributed by atoms with Crippen molar-refractivity contribution in [3.8, 4) is 0 Å². The molecular formula is C17H28N4O3. The largest absolute Gasteiger partial charge is 0.476 e. The van der Waals surface area contributed by atoms with E-state index in [-0.39, 0.29) is 5.69 Å². The first-order chi connectivity index (χ1) is 11.7. The summed E-state index contributed by atoms with van der Waals surface area (Å²) in [6.07, 6.45) is 3.85. The molecule has 1 atom stereocenters. The second-order valence-corrected chi connectivity index (χ2v) is 6.60. The Morgan fingerprint density at radius 2 is 2.21 bits per heavy atom. The zero-order chi connectivity index (χ0) is 16.9. The number of rotatable bonds is 7. The van der Waals surface area contributed by atoms with Gasteiger partial charge in [-0.1, -0.05) is 0 Å². The zero-order valence-corrected chi connectivity index (χ0v) is 14.5. The summed E-state index contributed by atoms with van der Waals surface area (Å²) in [6, 6.07) is 0.356. The molecule has 134 valence electrons. The van der Waals surface area contributed by atoms with Gasteiger partial charge in [0.2, 0.25) is 0 Å². The maximum atomic E-state index is 11.4. The summed E-state index contributed by atoms with van der Waals surface area (Å²) in [5.41, 5.74) is 2.29. The SMILES string of the molecule is CCn1nc(C(=O)O)c2c1CC[C@@H](NCCCN1CCOCC1)C2. The van der Waals surface area contributed by atoms with Gasteiger partial charge in [-0.3, -0.25) is 9.58 Å². The molecule has 2 heterocycles. The molecule has 2 N–H and O–H groups in total. The number of hydrogen-bond acceptors (Lipinski definition) is 5. The third-order valence-corrected chi connectivity index (χ3v) is 5.04. The van der Waals surface area contributed by atoms with Gasteiger partial charge in [-0.2, -0.15) is 5.10 Å². The Hall–Kier alpha value is -1.44. The summed E-state index contributed by atoms with van der Waals surface area (Å²) in [5, 5.41) is 17.3. The van der Waals surface area contributed by atoms with Crippen LogP contribution in [0.3, 0.4) is 0 Å². The molecule has 3 rings (SSSR count). The summed E-state index contributed by atoms with van der Waals surface area (Å²) in [5.74, 6) is -0.911. The topological polar surface area (TPSA) is 79.6 Å². The van der Waals surface area contributed by atoms with Gasteiger partial charge >= 0.3 is 5.97 Å². The van der Waals surface area contributed by atoms with Crippen molar-refractivity contribution in [2.75, 3.05) is 39.4 Å². The molecule has 0 unspecified atom stereocenters. The predicted molar refractivity (Wildman–Crippen MR) is 90.6 cm³/mol. The molecule has 0 aromatic carbocycles. The number of nitrogens with zero attached hydrogens (tertiary/aromatic N) is 3. The monoisotopic (exact) mass is 336 g/mol. The van der Waals surface area contributed by atoms with E-state index in [1.165, 1.54) is 0 Å². The zero-order valence-electron chi connectivity index (χ0n) is 14.5. The van der Waals surface area contributed by atoms with Gasteiger partial charge in [-0.25, -0.2) is 4.79 Å². The lowest BCUT2D eigenvalue weighted by Gasteiger charge is -2.27. The summed E-state index contributed by atoms with van der Waals surface area (Å²) >= 11 is 0. The maximum Gasteiger partial charge on any atom is 0.356 e. The van der Waals surface area contributed by atoms with Crippen molar-refractivity contribution in [1.82, 2.24) is 20.0 Å². The third-order valence-electron chi connectivity index (χ3n) is 5.04. The smallest absolute Gasteiger partial charge is 0.356 e. The average Bonchev–Trinajstić information content (AvgIpc) is 2.98. The lowest BCUT2D eigenvalue weighted by molar-refractivity contribution is 0.0373. The highest BCUT2D eigenvalue weighted by Crippen LogP contribution is 2.25. The van der Waals surface area contributed by atoms with Crippen LogP contribution in [0, 0.1) is 0 Å². The van der Waals surface area contributed by atoms with Crippen LogP contribution < -0.4 is 5.32 Å². The molecule has 1 saturated heterocycles.